The Morgan fingerprint density at radius 3 is 2.12 bits per heavy atom. The fourth-order valence-corrected chi connectivity index (χ4v) is 6.85. The van der Waals surface area contributed by atoms with E-state index in [-0.39, 0.29) is 23.8 Å². The van der Waals surface area contributed by atoms with Gasteiger partial charge in [0.2, 0.25) is 10.0 Å². The standard InChI is InChI=1S/C28H30BrN4O7PS/c1-4-39-41(35,40-5-2)28(20-6-10-21(29)11-7-20)31-27(34)25-18-26(19-8-14-23(38-3)15-9-19)33(32-25)22-12-16-24(17-13-22)42(30,36)37/h6-18,28H,4-5H2,1-3H3,(H,31,34)(H2,30,36,37). The minimum absolute atomic E-state index is 0.0120. The zero-order valence-corrected chi connectivity index (χ0v) is 26.4. The van der Waals surface area contributed by atoms with E-state index in [9.17, 15) is 17.8 Å². The van der Waals surface area contributed by atoms with Crippen LogP contribution < -0.4 is 15.2 Å². The molecule has 0 saturated heterocycles. The molecule has 14 heteroatoms. The number of hydrogen-bond donors (Lipinski definition) is 2. The van der Waals surface area contributed by atoms with Crippen LogP contribution in [0, 0.1) is 0 Å². The zero-order chi connectivity index (χ0) is 30.5. The number of aromatic nitrogens is 2. The third-order valence-corrected chi connectivity index (χ3v) is 9.88. The van der Waals surface area contributed by atoms with Crippen molar-refractivity contribution in [2.45, 2.75) is 24.5 Å². The van der Waals surface area contributed by atoms with Crippen molar-refractivity contribution in [2.24, 2.45) is 5.14 Å². The summed E-state index contributed by atoms with van der Waals surface area (Å²) < 4.78 is 56.2. The number of primary sulfonamides is 1. The van der Waals surface area contributed by atoms with Gasteiger partial charge in [0.1, 0.15) is 5.75 Å². The van der Waals surface area contributed by atoms with Gasteiger partial charge in [-0.15, -0.1) is 0 Å². The second-order valence-corrected chi connectivity index (χ2v) is 13.5. The largest absolute Gasteiger partial charge is 0.497 e. The highest BCUT2D eigenvalue weighted by Crippen LogP contribution is 2.59. The number of amides is 1. The topological polar surface area (TPSA) is 152 Å². The van der Waals surface area contributed by atoms with E-state index in [4.69, 9.17) is 18.9 Å². The van der Waals surface area contributed by atoms with Gasteiger partial charge in [0.05, 0.1) is 36.6 Å². The minimum Gasteiger partial charge on any atom is -0.497 e. The van der Waals surface area contributed by atoms with E-state index in [0.717, 1.165) is 4.47 Å². The number of carbonyl (C=O) groups is 1. The quantitative estimate of drug-likeness (QED) is 0.183. The molecule has 0 aliphatic carbocycles. The molecule has 0 spiro atoms. The van der Waals surface area contributed by atoms with E-state index in [1.54, 1.807) is 75.6 Å². The van der Waals surface area contributed by atoms with Crippen LogP contribution in [0.5, 0.6) is 5.75 Å². The van der Waals surface area contributed by atoms with Gasteiger partial charge in [-0.3, -0.25) is 9.36 Å². The highest BCUT2D eigenvalue weighted by Gasteiger charge is 2.39. The molecule has 42 heavy (non-hydrogen) atoms. The van der Waals surface area contributed by atoms with Crippen LogP contribution in [0.4, 0.5) is 0 Å². The average molecular weight is 678 g/mol. The number of nitrogens with one attached hydrogen (secondary N) is 1. The number of methoxy groups -OCH3 is 1. The molecule has 11 nitrogen and oxygen atoms in total. The first kappa shape index (κ1) is 31.6. The molecule has 1 aromatic heterocycles. The van der Waals surface area contributed by atoms with Gasteiger partial charge >= 0.3 is 7.60 Å². The normalized spacial score (nSPS) is 12.6. The summed E-state index contributed by atoms with van der Waals surface area (Å²) in [5.41, 5.74) is 2.25. The first-order valence-electron chi connectivity index (χ1n) is 12.8. The number of carbonyl (C=O) groups excluding carboxylic acids is 1. The maximum Gasteiger partial charge on any atom is 0.357 e. The molecule has 4 rings (SSSR count). The molecular weight excluding hydrogens is 647 g/mol. The van der Waals surface area contributed by atoms with Gasteiger partial charge < -0.3 is 19.1 Å². The molecule has 0 aliphatic heterocycles. The minimum atomic E-state index is -3.91. The SMILES string of the molecule is CCOP(=O)(OCC)C(NC(=O)c1cc(-c2ccc(OC)cc2)n(-c2ccc(S(N)(=O)=O)cc2)n1)c1ccc(Br)cc1. The van der Waals surface area contributed by atoms with Crippen molar-refractivity contribution in [2.75, 3.05) is 20.3 Å². The van der Waals surface area contributed by atoms with E-state index < -0.39 is 29.3 Å². The van der Waals surface area contributed by atoms with Crippen molar-refractivity contribution in [1.82, 2.24) is 15.1 Å². The summed E-state index contributed by atoms with van der Waals surface area (Å²) >= 11 is 3.39. The van der Waals surface area contributed by atoms with Gasteiger partial charge in [-0.05, 0) is 86.1 Å². The molecule has 0 bridgehead atoms. The predicted molar refractivity (Wildman–Crippen MR) is 162 cm³/mol. The number of ether oxygens (including phenoxy) is 1. The lowest BCUT2D eigenvalue weighted by molar-refractivity contribution is 0.0931. The lowest BCUT2D eigenvalue weighted by atomic mass is 10.1. The van der Waals surface area contributed by atoms with Crippen LogP contribution in [-0.2, 0) is 23.6 Å². The van der Waals surface area contributed by atoms with Crippen molar-refractivity contribution in [1.29, 1.82) is 0 Å². The summed E-state index contributed by atoms with van der Waals surface area (Å²) in [7, 11) is -6.21. The lowest BCUT2D eigenvalue weighted by Crippen LogP contribution is -2.30. The monoisotopic (exact) mass is 676 g/mol. The van der Waals surface area contributed by atoms with E-state index in [1.807, 2.05) is 0 Å². The summed E-state index contributed by atoms with van der Waals surface area (Å²) in [4.78, 5) is 13.7. The molecule has 0 saturated carbocycles. The number of halogens is 1. The molecule has 0 radical (unpaired) electrons. The van der Waals surface area contributed by atoms with Crippen molar-refractivity contribution in [3.63, 3.8) is 0 Å². The summed E-state index contributed by atoms with van der Waals surface area (Å²) in [5.74, 6) is -1.11. The van der Waals surface area contributed by atoms with Crippen LogP contribution >= 0.6 is 23.5 Å². The Morgan fingerprint density at radius 2 is 1.60 bits per heavy atom. The number of benzene rings is 3. The Morgan fingerprint density at radius 1 is 1.00 bits per heavy atom. The Hall–Kier alpha value is -3.32. The maximum absolute atomic E-state index is 13.9. The molecule has 0 fully saturated rings. The van der Waals surface area contributed by atoms with Gasteiger partial charge in [-0.2, -0.15) is 5.10 Å². The third kappa shape index (κ3) is 7.17. The molecule has 3 aromatic carbocycles. The smallest absolute Gasteiger partial charge is 0.357 e. The van der Waals surface area contributed by atoms with Gasteiger partial charge in [0, 0.05) is 10.0 Å². The number of rotatable bonds is 12. The fourth-order valence-electron chi connectivity index (χ4n) is 4.17. The predicted octanol–water partition coefficient (Wildman–Crippen LogP) is 5.65. The molecule has 1 heterocycles. The van der Waals surface area contributed by atoms with E-state index in [0.29, 0.717) is 28.3 Å². The molecule has 222 valence electrons. The summed E-state index contributed by atoms with van der Waals surface area (Å²) in [5, 5.41) is 12.6. The fraction of sp³-hybridized carbons (Fsp3) is 0.214. The van der Waals surface area contributed by atoms with Gasteiger partial charge in [0.25, 0.3) is 5.91 Å². The third-order valence-electron chi connectivity index (χ3n) is 6.13. The number of nitrogens with two attached hydrogens (primary N) is 1. The average Bonchev–Trinajstić information content (AvgIpc) is 3.42. The lowest BCUT2D eigenvalue weighted by Gasteiger charge is -2.27. The highest BCUT2D eigenvalue weighted by atomic mass is 79.9. The zero-order valence-electron chi connectivity index (χ0n) is 23.1. The van der Waals surface area contributed by atoms with Crippen molar-refractivity contribution in [3.8, 4) is 22.7 Å². The maximum atomic E-state index is 13.9. The van der Waals surface area contributed by atoms with Crippen LogP contribution in [0.25, 0.3) is 16.9 Å². The van der Waals surface area contributed by atoms with Crippen LogP contribution in [0.1, 0.15) is 35.7 Å². The molecule has 1 amide bonds. The summed E-state index contributed by atoms with van der Waals surface area (Å²) in [6.45, 7) is 3.59. The Bertz CT molecular complexity index is 1680. The molecule has 1 atom stereocenters. The molecule has 1 unspecified atom stereocenters. The Balaban J connectivity index is 1.79. The van der Waals surface area contributed by atoms with Crippen LogP contribution in [0.15, 0.2) is 88.2 Å². The van der Waals surface area contributed by atoms with Crippen molar-refractivity contribution < 1.29 is 31.6 Å². The van der Waals surface area contributed by atoms with Crippen LogP contribution in [-0.4, -0.2) is 44.4 Å². The molecule has 0 aliphatic rings. The van der Waals surface area contributed by atoms with E-state index in [2.05, 4.69) is 26.3 Å². The first-order valence-corrected chi connectivity index (χ1v) is 16.8. The highest BCUT2D eigenvalue weighted by molar-refractivity contribution is 9.10. The van der Waals surface area contributed by atoms with Crippen LogP contribution in [0.3, 0.4) is 0 Å². The molecular formula is C28H30BrN4O7PS. The van der Waals surface area contributed by atoms with E-state index in [1.165, 1.54) is 28.9 Å². The first-order chi connectivity index (χ1) is 20.0. The number of sulfonamides is 1. The van der Waals surface area contributed by atoms with Gasteiger partial charge in [-0.1, -0.05) is 28.1 Å². The number of hydrogen-bond acceptors (Lipinski definition) is 8. The summed E-state index contributed by atoms with van der Waals surface area (Å²) in [6, 6.07) is 21.4. The van der Waals surface area contributed by atoms with Crippen molar-refractivity contribution in [3.05, 3.63) is 94.6 Å². The number of nitrogens with zero attached hydrogens (tertiary/aromatic N) is 2. The van der Waals surface area contributed by atoms with Crippen LogP contribution in [0.2, 0.25) is 0 Å². The second-order valence-electron chi connectivity index (χ2n) is 8.90. The molecule has 4 aromatic rings. The summed E-state index contributed by atoms with van der Waals surface area (Å²) in [6.07, 6.45) is 0. The van der Waals surface area contributed by atoms with Gasteiger partial charge in [-0.25, -0.2) is 18.2 Å². The van der Waals surface area contributed by atoms with Gasteiger partial charge in [0.15, 0.2) is 11.5 Å². The second kappa shape index (κ2) is 13.3. The Kier molecular flexibility index (Phi) is 10.0. The Labute approximate surface area is 252 Å². The van der Waals surface area contributed by atoms with E-state index >= 15 is 0 Å². The molecule has 3 N–H and O–H groups in total. The van der Waals surface area contributed by atoms with Crippen molar-refractivity contribution >= 4 is 39.5 Å².